The molecular weight excluding hydrogens is 198 g/mol. The SMILES string of the molecule is CC(C)N(C)CCCn1cncc1C1CC1. The van der Waals surface area contributed by atoms with Crippen LogP contribution in [0.1, 0.15) is 44.7 Å². The maximum Gasteiger partial charge on any atom is 0.0948 e. The maximum atomic E-state index is 4.27. The van der Waals surface area contributed by atoms with Crippen LogP contribution in [0.4, 0.5) is 0 Å². The van der Waals surface area contributed by atoms with E-state index in [4.69, 9.17) is 0 Å². The normalized spacial score (nSPS) is 16.3. The summed E-state index contributed by atoms with van der Waals surface area (Å²) in [6.45, 7) is 6.77. The Hall–Kier alpha value is -0.830. The summed E-state index contributed by atoms with van der Waals surface area (Å²) in [7, 11) is 2.19. The number of aryl methyl sites for hydroxylation is 1. The summed E-state index contributed by atoms with van der Waals surface area (Å²) in [5.41, 5.74) is 1.45. The van der Waals surface area contributed by atoms with Crippen LogP contribution in [0.5, 0.6) is 0 Å². The molecule has 1 aliphatic carbocycles. The second-order valence-electron chi connectivity index (χ2n) is 5.21. The summed E-state index contributed by atoms with van der Waals surface area (Å²) < 4.78 is 2.34. The van der Waals surface area contributed by atoms with Crippen LogP contribution in [-0.2, 0) is 6.54 Å². The van der Waals surface area contributed by atoms with Gasteiger partial charge in [-0.1, -0.05) is 0 Å². The minimum Gasteiger partial charge on any atom is -0.334 e. The second kappa shape index (κ2) is 5.00. The lowest BCUT2D eigenvalue weighted by Gasteiger charge is -2.21. The van der Waals surface area contributed by atoms with Crippen molar-refractivity contribution < 1.29 is 0 Å². The molecule has 0 radical (unpaired) electrons. The van der Waals surface area contributed by atoms with Crippen LogP contribution < -0.4 is 0 Å². The molecule has 0 bridgehead atoms. The van der Waals surface area contributed by atoms with Crippen molar-refractivity contribution >= 4 is 0 Å². The van der Waals surface area contributed by atoms with Gasteiger partial charge in [0.1, 0.15) is 0 Å². The highest BCUT2D eigenvalue weighted by Crippen LogP contribution is 2.39. The molecule has 0 aromatic carbocycles. The van der Waals surface area contributed by atoms with Gasteiger partial charge in [0.05, 0.1) is 6.33 Å². The lowest BCUT2D eigenvalue weighted by molar-refractivity contribution is 0.265. The molecule has 0 atom stereocenters. The van der Waals surface area contributed by atoms with Crippen LogP contribution in [0.2, 0.25) is 0 Å². The van der Waals surface area contributed by atoms with Gasteiger partial charge in [0.25, 0.3) is 0 Å². The first-order chi connectivity index (χ1) is 7.68. The van der Waals surface area contributed by atoms with Gasteiger partial charge in [-0.15, -0.1) is 0 Å². The van der Waals surface area contributed by atoms with E-state index in [-0.39, 0.29) is 0 Å². The van der Waals surface area contributed by atoms with Crippen molar-refractivity contribution in [1.82, 2.24) is 14.5 Å². The van der Waals surface area contributed by atoms with E-state index in [1.165, 1.54) is 31.5 Å². The third kappa shape index (κ3) is 2.85. The van der Waals surface area contributed by atoms with Crippen molar-refractivity contribution in [2.24, 2.45) is 0 Å². The van der Waals surface area contributed by atoms with Gasteiger partial charge in [-0.3, -0.25) is 0 Å². The smallest absolute Gasteiger partial charge is 0.0948 e. The fourth-order valence-electron chi connectivity index (χ4n) is 1.99. The van der Waals surface area contributed by atoms with Crippen molar-refractivity contribution in [2.75, 3.05) is 13.6 Å². The van der Waals surface area contributed by atoms with Gasteiger partial charge >= 0.3 is 0 Å². The molecule has 16 heavy (non-hydrogen) atoms. The third-order valence-electron chi connectivity index (χ3n) is 3.53. The topological polar surface area (TPSA) is 21.1 Å². The molecule has 3 nitrogen and oxygen atoms in total. The van der Waals surface area contributed by atoms with E-state index in [1.807, 2.05) is 12.5 Å². The zero-order chi connectivity index (χ0) is 11.5. The van der Waals surface area contributed by atoms with E-state index in [0.717, 1.165) is 12.5 Å². The molecule has 0 saturated heterocycles. The molecule has 1 saturated carbocycles. The van der Waals surface area contributed by atoms with Crippen molar-refractivity contribution in [2.45, 2.75) is 51.6 Å². The van der Waals surface area contributed by atoms with Crippen LogP contribution in [0.3, 0.4) is 0 Å². The Kier molecular flexibility index (Phi) is 3.64. The van der Waals surface area contributed by atoms with E-state index >= 15 is 0 Å². The Balaban J connectivity index is 1.78. The quantitative estimate of drug-likeness (QED) is 0.736. The van der Waals surface area contributed by atoms with Gasteiger partial charge < -0.3 is 9.47 Å². The predicted molar refractivity (Wildman–Crippen MR) is 66.6 cm³/mol. The molecule has 1 aromatic rings. The molecule has 2 rings (SSSR count). The van der Waals surface area contributed by atoms with E-state index in [9.17, 15) is 0 Å². The summed E-state index contributed by atoms with van der Waals surface area (Å²) >= 11 is 0. The van der Waals surface area contributed by atoms with Gasteiger partial charge in [0, 0.05) is 30.4 Å². The maximum absolute atomic E-state index is 4.27. The first kappa shape index (κ1) is 11.6. The average Bonchev–Trinajstić information content (AvgIpc) is 2.99. The fourth-order valence-corrected chi connectivity index (χ4v) is 1.99. The average molecular weight is 221 g/mol. The zero-order valence-corrected chi connectivity index (χ0v) is 10.7. The first-order valence-corrected chi connectivity index (χ1v) is 6.38. The highest BCUT2D eigenvalue weighted by molar-refractivity contribution is 5.12. The minimum absolute atomic E-state index is 0.644. The molecule has 1 heterocycles. The second-order valence-corrected chi connectivity index (χ2v) is 5.21. The lowest BCUT2D eigenvalue weighted by Crippen LogP contribution is -2.27. The molecule has 1 aromatic heterocycles. The standard InChI is InChI=1S/C13H23N3/c1-11(2)15(3)7-4-8-16-10-14-9-13(16)12-5-6-12/h9-12H,4-8H2,1-3H3. The number of imidazole rings is 1. The number of nitrogens with zero attached hydrogens (tertiary/aromatic N) is 3. The largest absolute Gasteiger partial charge is 0.334 e. The Labute approximate surface area is 98.5 Å². The van der Waals surface area contributed by atoms with Crippen LogP contribution in [-0.4, -0.2) is 34.1 Å². The Morgan fingerprint density at radius 1 is 1.50 bits per heavy atom. The number of rotatable bonds is 6. The molecule has 1 aliphatic rings. The molecule has 90 valence electrons. The number of hydrogen-bond donors (Lipinski definition) is 0. The highest BCUT2D eigenvalue weighted by Gasteiger charge is 2.26. The van der Waals surface area contributed by atoms with Crippen LogP contribution in [0.25, 0.3) is 0 Å². The summed E-state index contributed by atoms with van der Waals surface area (Å²) in [6.07, 6.45) is 7.97. The predicted octanol–water partition coefficient (Wildman–Crippen LogP) is 2.49. The molecule has 0 amide bonds. The Morgan fingerprint density at radius 2 is 2.25 bits per heavy atom. The molecule has 0 aliphatic heterocycles. The molecule has 0 unspecified atom stereocenters. The van der Waals surface area contributed by atoms with Crippen molar-refractivity contribution in [3.05, 3.63) is 18.2 Å². The van der Waals surface area contributed by atoms with E-state index < -0.39 is 0 Å². The molecular formula is C13H23N3. The number of aromatic nitrogens is 2. The lowest BCUT2D eigenvalue weighted by atomic mass is 10.3. The molecule has 0 N–H and O–H groups in total. The van der Waals surface area contributed by atoms with E-state index in [1.54, 1.807) is 0 Å². The zero-order valence-electron chi connectivity index (χ0n) is 10.7. The van der Waals surface area contributed by atoms with Gasteiger partial charge in [-0.05, 0) is 46.7 Å². The summed E-state index contributed by atoms with van der Waals surface area (Å²) in [5.74, 6) is 0.810. The Morgan fingerprint density at radius 3 is 2.88 bits per heavy atom. The molecule has 1 fully saturated rings. The highest BCUT2D eigenvalue weighted by atomic mass is 15.1. The monoisotopic (exact) mass is 221 g/mol. The summed E-state index contributed by atoms with van der Waals surface area (Å²) in [4.78, 5) is 6.66. The van der Waals surface area contributed by atoms with E-state index in [0.29, 0.717) is 6.04 Å². The Bertz CT molecular complexity index is 326. The first-order valence-electron chi connectivity index (χ1n) is 6.38. The minimum atomic E-state index is 0.644. The molecule has 0 spiro atoms. The van der Waals surface area contributed by atoms with Gasteiger partial charge in [-0.25, -0.2) is 4.98 Å². The summed E-state index contributed by atoms with van der Waals surface area (Å²) in [6, 6.07) is 0.644. The fraction of sp³-hybridized carbons (Fsp3) is 0.769. The van der Waals surface area contributed by atoms with Crippen LogP contribution >= 0.6 is 0 Å². The van der Waals surface area contributed by atoms with Gasteiger partial charge in [0.15, 0.2) is 0 Å². The number of hydrogen-bond acceptors (Lipinski definition) is 2. The van der Waals surface area contributed by atoms with Crippen molar-refractivity contribution in [1.29, 1.82) is 0 Å². The van der Waals surface area contributed by atoms with Crippen LogP contribution in [0, 0.1) is 0 Å². The molecule has 3 heteroatoms. The summed E-state index contributed by atoms with van der Waals surface area (Å²) in [5, 5.41) is 0. The van der Waals surface area contributed by atoms with E-state index in [2.05, 4.69) is 35.3 Å². The van der Waals surface area contributed by atoms with Gasteiger partial charge in [0.2, 0.25) is 0 Å². The van der Waals surface area contributed by atoms with Crippen molar-refractivity contribution in [3.8, 4) is 0 Å². The van der Waals surface area contributed by atoms with Crippen molar-refractivity contribution in [3.63, 3.8) is 0 Å². The van der Waals surface area contributed by atoms with Gasteiger partial charge in [-0.2, -0.15) is 0 Å². The van der Waals surface area contributed by atoms with Crippen LogP contribution in [0.15, 0.2) is 12.5 Å². The third-order valence-corrected chi connectivity index (χ3v) is 3.53.